The average Bonchev–Trinajstić information content (AvgIpc) is 2.77. The highest BCUT2D eigenvalue weighted by Crippen LogP contribution is 2.34. The number of thiophene rings is 1. The SMILES string of the molecule is COC1(CNS(=O)(=O)c2ccc(CN)s2)CCC1. The summed E-state index contributed by atoms with van der Waals surface area (Å²) in [7, 11) is -1.81. The van der Waals surface area contributed by atoms with Crippen LogP contribution in [0.1, 0.15) is 24.1 Å². The van der Waals surface area contributed by atoms with E-state index in [-0.39, 0.29) is 5.60 Å². The van der Waals surface area contributed by atoms with Crippen LogP contribution in [0.15, 0.2) is 16.3 Å². The van der Waals surface area contributed by atoms with Crippen molar-refractivity contribution in [3.63, 3.8) is 0 Å². The Morgan fingerprint density at radius 2 is 2.22 bits per heavy atom. The molecule has 0 aliphatic heterocycles. The topological polar surface area (TPSA) is 81.4 Å². The van der Waals surface area contributed by atoms with Crippen LogP contribution in [-0.2, 0) is 21.3 Å². The highest BCUT2D eigenvalue weighted by atomic mass is 32.2. The summed E-state index contributed by atoms with van der Waals surface area (Å²) in [4.78, 5) is 0.862. The third kappa shape index (κ3) is 2.75. The number of ether oxygens (including phenoxy) is 1. The first kappa shape index (κ1) is 14.0. The monoisotopic (exact) mass is 290 g/mol. The van der Waals surface area contributed by atoms with Crippen LogP contribution in [0.2, 0.25) is 0 Å². The predicted octanol–water partition coefficient (Wildman–Crippen LogP) is 1.05. The number of sulfonamides is 1. The van der Waals surface area contributed by atoms with Crippen molar-refractivity contribution in [3.05, 3.63) is 17.0 Å². The van der Waals surface area contributed by atoms with Crippen LogP contribution in [-0.4, -0.2) is 27.7 Å². The van der Waals surface area contributed by atoms with E-state index in [0.717, 1.165) is 24.1 Å². The lowest BCUT2D eigenvalue weighted by Crippen LogP contribution is -2.49. The molecule has 1 aromatic rings. The van der Waals surface area contributed by atoms with Crippen molar-refractivity contribution in [2.45, 2.75) is 35.6 Å². The van der Waals surface area contributed by atoms with Gasteiger partial charge in [0.1, 0.15) is 4.21 Å². The molecule has 0 saturated heterocycles. The maximum atomic E-state index is 12.1. The van der Waals surface area contributed by atoms with Crippen molar-refractivity contribution in [2.75, 3.05) is 13.7 Å². The summed E-state index contributed by atoms with van der Waals surface area (Å²) >= 11 is 1.21. The van der Waals surface area contributed by atoms with Crippen LogP contribution in [0.25, 0.3) is 0 Å². The molecule has 1 aliphatic carbocycles. The van der Waals surface area contributed by atoms with Gasteiger partial charge in [0.2, 0.25) is 10.0 Å². The molecule has 0 radical (unpaired) electrons. The number of rotatable bonds is 6. The van der Waals surface area contributed by atoms with Gasteiger partial charge in [-0.1, -0.05) is 0 Å². The zero-order valence-electron chi connectivity index (χ0n) is 10.3. The lowest BCUT2D eigenvalue weighted by molar-refractivity contribution is -0.0659. The summed E-state index contributed by atoms with van der Waals surface area (Å²) < 4.78 is 32.5. The molecule has 3 N–H and O–H groups in total. The molecular formula is C11H18N2O3S2. The van der Waals surface area contributed by atoms with E-state index in [1.165, 1.54) is 11.3 Å². The standard InChI is InChI=1S/C11H18N2O3S2/c1-16-11(5-2-6-11)8-13-18(14,15)10-4-3-9(7-12)17-10/h3-4,13H,2,5-8,12H2,1H3. The van der Waals surface area contributed by atoms with Crippen molar-refractivity contribution < 1.29 is 13.2 Å². The summed E-state index contributed by atoms with van der Waals surface area (Å²) in [6.45, 7) is 0.698. The number of nitrogens with one attached hydrogen (secondary N) is 1. The van der Waals surface area contributed by atoms with Crippen molar-refractivity contribution in [2.24, 2.45) is 5.73 Å². The van der Waals surface area contributed by atoms with E-state index in [9.17, 15) is 8.42 Å². The molecule has 0 aromatic carbocycles. The number of hydrogen-bond acceptors (Lipinski definition) is 5. The minimum Gasteiger partial charge on any atom is -0.377 e. The van der Waals surface area contributed by atoms with E-state index in [2.05, 4.69) is 4.72 Å². The first-order chi connectivity index (χ1) is 8.51. The zero-order chi connectivity index (χ0) is 13.2. The molecule has 0 bridgehead atoms. The summed E-state index contributed by atoms with van der Waals surface area (Å²) in [6, 6.07) is 3.34. The Balaban J connectivity index is 2.03. The van der Waals surface area contributed by atoms with E-state index in [4.69, 9.17) is 10.5 Å². The van der Waals surface area contributed by atoms with E-state index >= 15 is 0 Å². The fourth-order valence-electron chi connectivity index (χ4n) is 1.93. The molecule has 18 heavy (non-hydrogen) atoms. The molecule has 1 fully saturated rings. The summed E-state index contributed by atoms with van der Waals surface area (Å²) in [5.41, 5.74) is 5.17. The highest BCUT2D eigenvalue weighted by molar-refractivity contribution is 7.91. The summed E-state index contributed by atoms with van der Waals surface area (Å²) in [5, 5.41) is 0. The maximum absolute atomic E-state index is 12.1. The fourth-order valence-corrected chi connectivity index (χ4v) is 4.33. The van der Waals surface area contributed by atoms with Gasteiger partial charge in [0.15, 0.2) is 0 Å². The van der Waals surface area contributed by atoms with Crippen LogP contribution in [0.3, 0.4) is 0 Å². The van der Waals surface area contributed by atoms with Crippen LogP contribution in [0, 0.1) is 0 Å². The van der Waals surface area contributed by atoms with Gasteiger partial charge in [-0.25, -0.2) is 13.1 Å². The Bertz CT molecular complexity index is 501. The van der Waals surface area contributed by atoms with Gasteiger partial charge in [0, 0.05) is 25.1 Å². The third-order valence-electron chi connectivity index (χ3n) is 3.39. The molecule has 0 unspecified atom stereocenters. The largest absolute Gasteiger partial charge is 0.377 e. The molecule has 5 nitrogen and oxygen atoms in total. The zero-order valence-corrected chi connectivity index (χ0v) is 11.9. The normalized spacial score (nSPS) is 18.6. The Hall–Kier alpha value is -0.470. The molecule has 1 saturated carbocycles. The Morgan fingerprint density at radius 3 is 2.67 bits per heavy atom. The van der Waals surface area contributed by atoms with Gasteiger partial charge >= 0.3 is 0 Å². The lowest BCUT2D eigenvalue weighted by Gasteiger charge is -2.40. The second kappa shape index (κ2) is 5.26. The minimum absolute atomic E-state index is 0.305. The van der Waals surface area contributed by atoms with Crippen LogP contribution >= 0.6 is 11.3 Å². The van der Waals surface area contributed by atoms with Crippen molar-refractivity contribution in [1.29, 1.82) is 0 Å². The highest BCUT2D eigenvalue weighted by Gasteiger charge is 2.38. The maximum Gasteiger partial charge on any atom is 0.250 e. The molecular weight excluding hydrogens is 272 g/mol. The third-order valence-corrected chi connectivity index (χ3v) is 6.39. The molecule has 1 aromatic heterocycles. The van der Waals surface area contributed by atoms with Crippen LogP contribution in [0.4, 0.5) is 0 Å². The Kier molecular flexibility index (Phi) is 4.08. The van der Waals surface area contributed by atoms with Gasteiger partial charge in [-0.3, -0.25) is 0 Å². The average molecular weight is 290 g/mol. The smallest absolute Gasteiger partial charge is 0.250 e. The molecule has 0 atom stereocenters. The predicted molar refractivity (Wildman–Crippen MR) is 71.0 cm³/mol. The van der Waals surface area contributed by atoms with E-state index < -0.39 is 10.0 Å². The van der Waals surface area contributed by atoms with Crippen LogP contribution in [0.5, 0.6) is 0 Å². The van der Waals surface area contributed by atoms with Gasteiger partial charge in [-0.05, 0) is 31.4 Å². The van der Waals surface area contributed by atoms with Gasteiger partial charge in [0.25, 0.3) is 0 Å². The second-order valence-electron chi connectivity index (χ2n) is 4.49. The number of hydrogen-bond donors (Lipinski definition) is 2. The van der Waals surface area contributed by atoms with E-state index in [1.807, 2.05) is 0 Å². The molecule has 1 heterocycles. The van der Waals surface area contributed by atoms with Gasteiger partial charge < -0.3 is 10.5 Å². The first-order valence-corrected chi connectivity index (χ1v) is 8.15. The number of nitrogens with two attached hydrogens (primary N) is 1. The van der Waals surface area contributed by atoms with Crippen molar-refractivity contribution in [3.8, 4) is 0 Å². The van der Waals surface area contributed by atoms with Gasteiger partial charge in [-0.15, -0.1) is 11.3 Å². The Morgan fingerprint density at radius 1 is 1.50 bits per heavy atom. The molecule has 102 valence electrons. The van der Waals surface area contributed by atoms with E-state index in [1.54, 1.807) is 19.2 Å². The fraction of sp³-hybridized carbons (Fsp3) is 0.636. The van der Waals surface area contributed by atoms with Gasteiger partial charge in [-0.2, -0.15) is 0 Å². The number of methoxy groups -OCH3 is 1. The lowest BCUT2D eigenvalue weighted by atomic mass is 9.80. The Labute approximate surface area is 111 Å². The summed E-state index contributed by atoms with van der Waals surface area (Å²) in [5.74, 6) is 0. The molecule has 1 aliphatic rings. The van der Waals surface area contributed by atoms with E-state index in [0.29, 0.717) is 17.3 Å². The van der Waals surface area contributed by atoms with Crippen molar-refractivity contribution in [1.82, 2.24) is 4.72 Å². The van der Waals surface area contributed by atoms with Crippen LogP contribution < -0.4 is 10.5 Å². The molecule has 2 rings (SSSR count). The molecule has 0 spiro atoms. The second-order valence-corrected chi connectivity index (χ2v) is 7.65. The summed E-state index contributed by atoms with van der Waals surface area (Å²) in [6.07, 6.45) is 2.90. The minimum atomic E-state index is -3.44. The molecule has 0 amide bonds. The molecule has 7 heteroatoms. The quantitative estimate of drug-likeness (QED) is 0.820. The van der Waals surface area contributed by atoms with Crippen molar-refractivity contribution >= 4 is 21.4 Å². The first-order valence-electron chi connectivity index (χ1n) is 5.85. The van der Waals surface area contributed by atoms with Gasteiger partial charge in [0.05, 0.1) is 5.60 Å².